The van der Waals surface area contributed by atoms with Crippen LogP contribution in [0.4, 0.5) is 4.79 Å². The molecule has 17 heavy (non-hydrogen) atoms. The molecule has 0 bridgehead atoms. The van der Waals surface area contributed by atoms with E-state index in [0.717, 1.165) is 0 Å². The molecule has 5 nitrogen and oxygen atoms in total. The highest BCUT2D eigenvalue weighted by Crippen LogP contribution is 2.35. The van der Waals surface area contributed by atoms with Crippen molar-refractivity contribution in [2.75, 3.05) is 26.4 Å². The molecule has 0 spiro atoms. The number of epoxide rings is 1. The fraction of sp³-hybridized carbons (Fsp3) is 0.917. The van der Waals surface area contributed by atoms with E-state index in [4.69, 9.17) is 14.2 Å². The summed E-state index contributed by atoms with van der Waals surface area (Å²) in [7, 11) is 0. The van der Waals surface area contributed by atoms with E-state index in [1.54, 1.807) is 4.90 Å². The Labute approximate surface area is 102 Å². The monoisotopic (exact) mass is 243 g/mol. The van der Waals surface area contributed by atoms with E-state index in [2.05, 4.69) is 0 Å². The molecule has 2 heterocycles. The molecule has 0 saturated carbocycles. The van der Waals surface area contributed by atoms with Gasteiger partial charge >= 0.3 is 6.09 Å². The Kier molecular flexibility index (Phi) is 3.08. The predicted octanol–water partition coefficient (Wildman–Crippen LogP) is 1.41. The first kappa shape index (κ1) is 12.6. The molecule has 0 radical (unpaired) electrons. The first-order valence-electron chi connectivity index (χ1n) is 6.03. The van der Waals surface area contributed by atoms with E-state index >= 15 is 0 Å². The zero-order valence-corrected chi connectivity index (χ0v) is 11.0. The molecule has 98 valence electrons. The van der Waals surface area contributed by atoms with Crippen molar-refractivity contribution in [1.29, 1.82) is 0 Å². The molecule has 0 aromatic carbocycles. The molecule has 0 aromatic heterocycles. The number of hydrogen-bond acceptors (Lipinski definition) is 4. The Bertz CT molecular complexity index is 306. The lowest BCUT2D eigenvalue weighted by Gasteiger charge is -2.38. The largest absolute Gasteiger partial charge is 0.444 e. The van der Waals surface area contributed by atoms with Gasteiger partial charge in [-0.05, 0) is 27.7 Å². The fourth-order valence-electron chi connectivity index (χ4n) is 1.95. The quantitative estimate of drug-likeness (QED) is 0.653. The summed E-state index contributed by atoms with van der Waals surface area (Å²) in [4.78, 5) is 13.8. The van der Waals surface area contributed by atoms with Crippen LogP contribution in [0.2, 0.25) is 0 Å². The minimum absolute atomic E-state index is 0.0360. The average Bonchev–Trinajstić information content (AvgIpc) is 2.95. The molecular weight excluding hydrogens is 222 g/mol. The van der Waals surface area contributed by atoms with Gasteiger partial charge in [0.15, 0.2) is 0 Å². The van der Waals surface area contributed by atoms with Crippen LogP contribution < -0.4 is 0 Å². The average molecular weight is 243 g/mol. The van der Waals surface area contributed by atoms with E-state index in [-0.39, 0.29) is 17.7 Å². The summed E-state index contributed by atoms with van der Waals surface area (Å²) >= 11 is 0. The Morgan fingerprint density at radius 2 is 2.12 bits per heavy atom. The molecule has 1 amide bonds. The third-order valence-electron chi connectivity index (χ3n) is 3.06. The number of carbonyl (C=O) groups is 1. The molecule has 2 saturated heterocycles. The van der Waals surface area contributed by atoms with Crippen molar-refractivity contribution in [3.63, 3.8) is 0 Å². The van der Waals surface area contributed by atoms with Crippen molar-refractivity contribution in [3.05, 3.63) is 0 Å². The molecule has 2 aliphatic rings. The van der Waals surface area contributed by atoms with Gasteiger partial charge in [0.25, 0.3) is 0 Å². The van der Waals surface area contributed by atoms with Gasteiger partial charge < -0.3 is 14.2 Å². The van der Waals surface area contributed by atoms with Gasteiger partial charge in [0, 0.05) is 6.54 Å². The van der Waals surface area contributed by atoms with Gasteiger partial charge in [0.05, 0.1) is 25.9 Å². The zero-order chi connectivity index (χ0) is 12.7. The maximum Gasteiger partial charge on any atom is 0.410 e. The molecule has 2 rings (SSSR count). The molecule has 2 aliphatic heterocycles. The summed E-state index contributed by atoms with van der Waals surface area (Å²) in [5, 5.41) is 0. The molecule has 5 heteroatoms. The zero-order valence-electron chi connectivity index (χ0n) is 11.0. The Hall–Kier alpha value is -0.810. The minimum atomic E-state index is -0.467. The third kappa shape index (κ3) is 2.90. The van der Waals surface area contributed by atoms with E-state index in [9.17, 15) is 4.79 Å². The smallest absolute Gasteiger partial charge is 0.410 e. The summed E-state index contributed by atoms with van der Waals surface area (Å²) in [6.07, 6.45) is -0.275. The van der Waals surface area contributed by atoms with Crippen LogP contribution in [-0.2, 0) is 14.2 Å². The van der Waals surface area contributed by atoms with Crippen molar-refractivity contribution in [2.24, 2.45) is 0 Å². The Balaban J connectivity index is 2.03. The molecule has 2 fully saturated rings. The number of morpholine rings is 1. The van der Waals surface area contributed by atoms with Gasteiger partial charge in [-0.15, -0.1) is 0 Å². The van der Waals surface area contributed by atoms with Gasteiger partial charge in [-0.25, -0.2) is 4.79 Å². The number of hydrogen-bond donors (Lipinski definition) is 0. The van der Waals surface area contributed by atoms with E-state index in [1.807, 2.05) is 27.7 Å². The molecule has 0 aliphatic carbocycles. The standard InChI is InChI=1S/C12H21NO4/c1-11(2,3)17-10(14)13-5-6-15-7-9(13)12(4)8-16-12/h9H,5-8H2,1-4H3. The number of nitrogens with zero attached hydrogens (tertiary/aromatic N) is 1. The second-order valence-electron chi connectivity index (χ2n) is 5.87. The third-order valence-corrected chi connectivity index (χ3v) is 3.06. The lowest BCUT2D eigenvalue weighted by Crippen LogP contribution is -2.56. The lowest BCUT2D eigenvalue weighted by atomic mass is 10.0. The second kappa shape index (κ2) is 4.14. The number of ether oxygens (including phenoxy) is 3. The van der Waals surface area contributed by atoms with Crippen molar-refractivity contribution in [1.82, 2.24) is 4.90 Å². The van der Waals surface area contributed by atoms with Crippen molar-refractivity contribution in [3.8, 4) is 0 Å². The first-order chi connectivity index (χ1) is 7.82. The van der Waals surface area contributed by atoms with Gasteiger partial charge in [-0.3, -0.25) is 4.90 Å². The fourth-order valence-corrected chi connectivity index (χ4v) is 1.95. The van der Waals surface area contributed by atoms with Gasteiger partial charge in [-0.1, -0.05) is 0 Å². The molecule has 0 N–H and O–H groups in total. The maximum absolute atomic E-state index is 12.1. The minimum Gasteiger partial charge on any atom is -0.444 e. The van der Waals surface area contributed by atoms with Crippen LogP contribution in [-0.4, -0.2) is 54.6 Å². The van der Waals surface area contributed by atoms with Gasteiger partial charge in [0.2, 0.25) is 0 Å². The molecule has 2 unspecified atom stereocenters. The summed E-state index contributed by atoms with van der Waals surface area (Å²) in [5.74, 6) is 0. The van der Waals surface area contributed by atoms with Crippen LogP contribution in [0.3, 0.4) is 0 Å². The highest BCUT2D eigenvalue weighted by molar-refractivity contribution is 5.69. The normalized spacial score (nSPS) is 33.4. The number of carbonyl (C=O) groups excluding carboxylic acids is 1. The summed E-state index contributed by atoms with van der Waals surface area (Å²) in [5.41, 5.74) is -0.720. The lowest BCUT2D eigenvalue weighted by molar-refractivity contribution is -0.0498. The van der Waals surface area contributed by atoms with Crippen molar-refractivity contribution < 1.29 is 19.0 Å². The number of rotatable bonds is 1. The Morgan fingerprint density at radius 1 is 1.47 bits per heavy atom. The van der Waals surface area contributed by atoms with E-state index < -0.39 is 5.60 Å². The summed E-state index contributed by atoms with van der Waals surface area (Å²) < 4.78 is 16.3. The van der Waals surface area contributed by atoms with Gasteiger partial charge in [-0.2, -0.15) is 0 Å². The maximum atomic E-state index is 12.1. The first-order valence-corrected chi connectivity index (χ1v) is 6.03. The number of amides is 1. The topological polar surface area (TPSA) is 51.3 Å². The highest BCUT2D eigenvalue weighted by atomic mass is 16.6. The Morgan fingerprint density at radius 3 is 2.65 bits per heavy atom. The van der Waals surface area contributed by atoms with Gasteiger partial charge in [0.1, 0.15) is 11.2 Å². The highest BCUT2D eigenvalue weighted by Gasteiger charge is 2.52. The SMILES string of the molecule is CC(C)(C)OC(=O)N1CCOCC1C1(C)CO1. The van der Waals surface area contributed by atoms with Crippen LogP contribution in [0, 0.1) is 0 Å². The molecular formula is C12H21NO4. The van der Waals surface area contributed by atoms with Crippen LogP contribution in [0.1, 0.15) is 27.7 Å². The van der Waals surface area contributed by atoms with Crippen molar-refractivity contribution in [2.45, 2.75) is 44.9 Å². The van der Waals surface area contributed by atoms with Crippen LogP contribution >= 0.6 is 0 Å². The van der Waals surface area contributed by atoms with Crippen LogP contribution in [0.5, 0.6) is 0 Å². The van der Waals surface area contributed by atoms with E-state index in [0.29, 0.717) is 26.4 Å². The van der Waals surface area contributed by atoms with E-state index in [1.165, 1.54) is 0 Å². The summed E-state index contributed by atoms with van der Waals surface area (Å²) in [6, 6.07) is -0.0360. The van der Waals surface area contributed by atoms with Crippen LogP contribution in [0.25, 0.3) is 0 Å². The van der Waals surface area contributed by atoms with Crippen molar-refractivity contribution >= 4 is 6.09 Å². The predicted molar refractivity (Wildman–Crippen MR) is 61.9 cm³/mol. The molecule has 0 aromatic rings. The summed E-state index contributed by atoms with van der Waals surface area (Å²) in [6.45, 7) is 9.95. The second-order valence-corrected chi connectivity index (χ2v) is 5.87. The molecule has 2 atom stereocenters. The van der Waals surface area contributed by atoms with Crippen LogP contribution in [0.15, 0.2) is 0 Å².